The molecule has 0 aromatic heterocycles. The molecule has 106 valence electrons. The van der Waals surface area contributed by atoms with E-state index in [0.29, 0.717) is 18.0 Å². The predicted molar refractivity (Wildman–Crippen MR) is 87.2 cm³/mol. The lowest BCUT2D eigenvalue weighted by Crippen LogP contribution is -2.29. The van der Waals surface area contributed by atoms with E-state index in [0.717, 1.165) is 0 Å². The largest absolute Gasteiger partial charge is 0.495 e. The second kappa shape index (κ2) is 9.42. The van der Waals surface area contributed by atoms with Gasteiger partial charge in [0.05, 0.1) is 12.8 Å². The third kappa shape index (κ3) is 6.27. The van der Waals surface area contributed by atoms with Crippen LogP contribution in [-0.4, -0.2) is 32.1 Å². The van der Waals surface area contributed by atoms with E-state index in [1.165, 1.54) is 0 Å². The van der Waals surface area contributed by atoms with E-state index in [2.05, 4.69) is 15.6 Å². The number of aliphatic imine (C=N–C) groups is 1. The molecule has 0 fully saturated rings. The van der Waals surface area contributed by atoms with Gasteiger partial charge < -0.3 is 21.1 Å². The van der Waals surface area contributed by atoms with E-state index in [-0.39, 0.29) is 42.4 Å². The minimum absolute atomic E-state index is 0. The van der Waals surface area contributed by atoms with Gasteiger partial charge in [0.2, 0.25) is 5.91 Å². The van der Waals surface area contributed by atoms with E-state index in [1.54, 1.807) is 13.2 Å². The highest BCUT2D eigenvalue weighted by Gasteiger charge is 2.03. The molecule has 6 nitrogen and oxygen atoms in total. The molecule has 0 aliphatic heterocycles. The van der Waals surface area contributed by atoms with Crippen molar-refractivity contribution in [2.45, 2.75) is 6.92 Å². The summed E-state index contributed by atoms with van der Waals surface area (Å²) in [6.07, 6.45) is 0. The lowest BCUT2D eigenvalue weighted by molar-refractivity contribution is -0.119. The number of carbonyl (C=O) groups is 1. The molecule has 0 unspecified atom stereocenters. The first-order valence-electron chi connectivity index (χ1n) is 5.64. The highest BCUT2D eigenvalue weighted by Crippen LogP contribution is 2.22. The second-order valence-electron chi connectivity index (χ2n) is 3.48. The van der Waals surface area contributed by atoms with Crippen LogP contribution in [0, 0.1) is 0 Å². The van der Waals surface area contributed by atoms with Gasteiger partial charge in [-0.2, -0.15) is 0 Å². The summed E-state index contributed by atoms with van der Waals surface area (Å²) in [5, 5.41) is 5.51. The number of methoxy groups -OCH3 is 1. The molecule has 1 rings (SSSR count). The molecule has 1 aromatic rings. The van der Waals surface area contributed by atoms with Gasteiger partial charge in [-0.25, -0.2) is 4.99 Å². The monoisotopic (exact) mass is 378 g/mol. The Morgan fingerprint density at radius 3 is 2.74 bits per heavy atom. The van der Waals surface area contributed by atoms with Crippen LogP contribution in [0.25, 0.3) is 0 Å². The van der Waals surface area contributed by atoms with Crippen molar-refractivity contribution < 1.29 is 9.53 Å². The normalized spacial score (nSPS) is 10.3. The number of guanidine groups is 1. The van der Waals surface area contributed by atoms with Crippen molar-refractivity contribution in [2.24, 2.45) is 10.7 Å². The molecule has 0 saturated heterocycles. The molecule has 0 aliphatic carbocycles. The summed E-state index contributed by atoms with van der Waals surface area (Å²) in [5.41, 5.74) is 6.38. The van der Waals surface area contributed by atoms with Crippen molar-refractivity contribution >= 4 is 41.5 Å². The van der Waals surface area contributed by atoms with E-state index < -0.39 is 0 Å². The number of nitrogens with two attached hydrogens (primary N) is 1. The number of amides is 1. The van der Waals surface area contributed by atoms with E-state index in [4.69, 9.17) is 10.5 Å². The fourth-order valence-electron chi connectivity index (χ4n) is 1.34. The summed E-state index contributed by atoms with van der Waals surface area (Å²) in [6, 6.07) is 7.32. The van der Waals surface area contributed by atoms with Crippen LogP contribution in [0.5, 0.6) is 5.75 Å². The minimum atomic E-state index is -0.165. The smallest absolute Gasteiger partial charge is 0.241 e. The zero-order chi connectivity index (χ0) is 13.4. The van der Waals surface area contributed by atoms with Crippen molar-refractivity contribution in [2.75, 3.05) is 25.5 Å². The Kier molecular flexibility index (Phi) is 8.68. The molecule has 1 amide bonds. The number of carbonyl (C=O) groups excluding carboxylic acids is 1. The number of nitrogens with one attached hydrogen (secondary N) is 2. The Balaban J connectivity index is 0.00000324. The maximum atomic E-state index is 11.2. The zero-order valence-corrected chi connectivity index (χ0v) is 13.3. The summed E-state index contributed by atoms with van der Waals surface area (Å²) in [6.45, 7) is 2.42. The zero-order valence-electron chi connectivity index (χ0n) is 11.0. The summed E-state index contributed by atoms with van der Waals surface area (Å²) in [7, 11) is 1.57. The van der Waals surface area contributed by atoms with E-state index in [9.17, 15) is 4.79 Å². The first-order chi connectivity index (χ1) is 8.67. The molecule has 4 N–H and O–H groups in total. The van der Waals surface area contributed by atoms with Gasteiger partial charge in [-0.1, -0.05) is 12.1 Å². The third-order valence-electron chi connectivity index (χ3n) is 2.14. The average Bonchev–Trinajstić information content (AvgIpc) is 2.37. The Bertz CT molecular complexity index is 437. The average molecular weight is 378 g/mol. The van der Waals surface area contributed by atoms with Crippen LogP contribution in [0.4, 0.5) is 5.69 Å². The molecule has 0 heterocycles. The van der Waals surface area contributed by atoms with Crippen LogP contribution in [0.1, 0.15) is 6.92 Å². The molecule has 0 spiro atoms. The highest BCUT2D eigenvalue weighted by molar-refractivity contribution is 14.0. The van der Waals surface area contributed by atoms with Gasteiger partial charge in [-0.15, -0.1) is 24.0 Å². The summed E-state index contributed by atoms with van der Waals surface area (Å²) >= 11 is 0. The Labute approximate surface area is 129 Å². The minimum Gasteiger partial charge on any atom is -0.495 e. The van der Waals surface area contributed by atoms with Gasteiger partial charge in [-0.3, -0.25) is 4.79 Å². The number of para-hydroxylation sites is 2. The SMILES string of the molecule is CCNC(=O)CN=C(N)Nc1ccccc1OC.I. The Morgan fingerprint density at radius 1 is 1.42 bits per heavy atom. The van der Waals surface area contributed by atoms with Crippen molar-refractivity contribution in [3.63, 3.8) is 0 Å². The molecule has 0 saturated carbocycles. The van der Waals surface area contributed by atoms with Crippen LogP contribution in [0.2, 0.25) is 0 Å². The number of halogens is 1. The van der Waals surface area contributed by atoms with Crippen LogP contribution in [-0.2, 0) is 4.79 Å². The van der Waals surface area contributed by atoms with Crippen molar-refractivity contribution in [1.82, 2.24) is 5.32 Å². The molecule has 0 aliphatic rings. The van der Waals surface area contributed by atoms with Gasteiger partial charge in [-0.05, 0) is 19.1 Å². The first-order valence-corrected chi connectivity index (χ1v) is 5.64. The van der Waals surface area contributed by atoms with Crippen molar-refractivity contribution in [3.05, 3.63) is 24.3 Å². The Morgan fingerprint density at radius 2 is 2.11 bits per heavy atom. The predicted octanol–water partition coefficient (Wildman–Crippen LogP) is 1.18. The number of hydrogen-bond donors (Lipinski definition) is 3. The van der Waals surface area contributed by atoms with Crippen LogP contribution in [0.15, 0.2) is 29.3 Å². The molecule has 7 heteroatoms. The number of nitrogens with zero attached hydrogens (tertiary/aromatic N) is 1. The van der Waals surface area contributed by atoms with Gasteiger partial charge in [0.15, 0.2) is 5.96 Å². The number of ether oxygens (including phenoxy) is 1. The van der Waals surface area contributed by atoms with Crippen molar-refractivity contribution in [3.8, 4) is 5.75 Å². The molecule has 1 aromatic carbocycles. The number of hydrogen-bond acceptors (Lipinski definition) is 3. The molecule has 0 radical (unpaired) electrons. The lowest BCUT2D eigenvalue weighted by atomic mass is 10.3. The molecule has 19 heavy (non-hydrogen) atoms. The maximum absolute atomic E-state index is 11.2. The molecule has 0 atom stereocenters. The quantitative estimate of drug-likeness (QED) is 0.408. The summed E-state index contributed by atoms with van der Waals surface area (Å²) in [5.74, 6) is 0.668. The topological polar surface area (TPSA) is 88.7 Å². The fraction of sp³-hybridized carbons (Fsp3) is 0.333. The molecular formula is C12H19IN4O2. The van der Waals surface area contributed by atoms with Gasteiger partial charge in [0, 0.05) is 6.54 Å². The summed E-state index contributed by atoms with van der Waals surface area (Å²) in [4.78, 5) is 15.1. The number of anilines is 1. The fourth-order valence-corrected chi connectivity index (χ4v) is 1.34. The molecule has 0 bridgehead atoms. The van der Waals surface area contributed by atoms with Gasteiger partial charge in [0.1, 0.15) is 12.3 Å². The van der Waals surface area contributed by atoms with Gasteiger partial charge >= 0.3 is 0 Å². The Hall–Kier alpha value is -1.51. The standard InChI is InChI=1S/C12H18N4O2.HI/c1-3-14-11(17)8-15-12(13)16-9-6-4-5-7-10(9)18-2;/h4-7H,3,8H2,1-2H3,(H,14,17)(H3,13,15,16);1H. The molecular weight excluding hydrogens is 359 g/mol. The highest BCUT2D eigenvalue weighted by atomic mass is 127. The third-order valence-corrected chi connectivity index (χ3v) is 2.14. The van der Waals surface area contributed by atoms with Crippen LogP contribution < -0.4 is 21.1 Å². The van der Waals surface area contributed by atoms with E-state index >= 15 is 0 Å². The van der Waals surface area contributed by atoms with Gasteiger partial charge in [0.25, 0.3) is 0 Å². The van der Waals surface area contributed by atoms with E-state index in [1.807, 2.05) is 25.1 Å². The lowest BCUT2D eigenvalue weighted by Gasteiger charge is -2.09. The number of likely N-dealkylation sites (N-methyl/N-ethyl adjacent to an activating group) is 1. The second-order valence-corrected chi connectivity index (χ2v) is 3.48. The van der Waals surface area contributed by atoms with Crippen LogP contribution >= 0.6 is 24.0 Å². The first kappa shape index (κ1) is 17.5. The van der Waals surface area contributed by atoms with Crippen LogP contribution in [0.3, 0.4) is 0 Å². The summed E-state index contributed by atoms with van der Waals surface area (Å²) < 4.78 is 5.16. The number of rotatable bonds is 5. The number of benzene rings is 1. The maximum Gasteiger partial charge on any atom is 0.241 e. The van der Waals surface area contributed by atoms with Crippen molar-refractivity contribution in [1.29, 1.82) is 0 Å².